The van der Waals surface area contributed by atoms with Crippen molar-refractivity contribution in [3.8, 4) is 17.2 Å². The number of nitrogens with zero attached hydrogens (tertiary/aromatic N) is 1. The Kier molecular flexibility index (Phi) is 5.57. The normalized spacial score (nSPS) is 10.4. The highest BCUT2D eigenvalue weighted by molar-refractivity contribution is 6.02. The molecule has 2 rings (SSSR count). The number of anilines is 1. The minimum Gasteiger partial charge on any atom is -0.496 e. The van der Waals surface area contributed by atoms with Crippen LogP contribution in [0.25, 0.3) is 6.08 Å². The van der Waals surface area contributed by atoms with E-state index in [1.807, 2.05) is 0 Å². The van der Waals surface area contributed by atoms with Crippen molar-refractivity contribution in [1.82, 2.24) is 4.98 Å². The molecule has 1 aromatic carbocycles. The van der Waals surface area contributed by atoms with Gasteiger partial charge in [-0.3, -0.25) is 9.78 Å². The molecule has 1 amide bonds. The van der Waals surface area contributed by atoms with Crippen LogP contribution in [0.15, 0.2) is 42.7 Å². The number of amides is 1. The molecule has 23 heavy (non-hydrogen) atoms. The molecule has 0 atom stereocenters. The molecular weight excluding hydrogens is 296 g/mol. The summed E-state index contributed by atoms with van der Waals surface area (Å²) in [6.45, 7) is 0. The summed E-state index contributed by atoms with van der Waals surface area (Å²) >= 11 is 0. The Hall–Kier alpha value is -3.02. The van der Waals surface area contributed by atoms with E-state index in [-0.39, 0.29) is 5.91 Å². The average molecular weight is 314 g/mol. The molecule has 0 aliphatic carbocycles. The first-order valence-corrected chi connectivity index (χ1v) is 6.87. The Bertz CT molecular complexity index is 699. The Labute approximate surface area is 134 Å². The van der Waals surface area contributed by atoms with E-state index >= 15 is 0 Å². The second kappa shape index (κ2) is 7.84. The quantitative estimate of drug-likeness (QED) is 0.830. The molecule has 0 saturated carbocycles. The smallest absolute Gasteiger partial charge is 0.248 e. The lowest BCUT2D eigenvalue weighted by molar-refractivity contribution is -0.111. The summed E-state index contributed by atoms with van der Waals surface area (Å²) in [4.78, 5) is 15.8. The van der Waals surface area contributed by atoms with Gasteiger partial charge < -0.3 is 19.5 Å². The van der Waals surface area contributed by atoms with Gasteiger partial charge in [0.15, 0.2) is 11.5 Å². The molecule has 1 heterocycles. The van der Waals surface area contributed by atoms with E-state index in [0.29, 0.717) is 28.5 Å². The molecule has 0 aliphatic heterocycles. The van der Waals surface area contributed by atoms with Crippen molar-refractivity contribution >= 4 is 17.7 Å². The van der Waals surface area contributed by atoms with E-state index in [4.69, 9.17) is 14.2 Å². The number of nitrogens with one attached hydrogen (secondary N) is 1. The van der Waals surface area contributed by atoms with Crippen molar-refractivity contribution in [2.45, 2.75) is 0 Å². The highest BCUT2D eigenvalue weighted by Gasteiger charge is 2.10. The van der Waals surface area contributed by atoms with Gasteiger partial charge in [-0.15, -0.1) is 0 Å². The fourth-order valence-electron chi connectivity index (χ4n) is 1.97. The van der Waals surface area contributed by atoms with Crippen molar-refractivity contribution < 1.29 is 19.0 Å². The van der Waals surface area contributed by atoms with E-state index in [2.05, 4.69) is 10.3 Å². The highest BCUT2D eigenvalue weighted by atomic mass is 16.5. The summed E-state index contributed by atoms with van der Waals surface area (Å²) < 4.78 is 15.8. The highest BCUT2D eigenvalue weighted by Crippen LogP contribution is 2.35. The molecular formula is C17H18N2O4. The van der Waals surface area contributed by atoms with Crippen molar-refractivity contribution in [2.24, 2.45) is 0 Å². The number of aromatic nitrogens is 1. The largest absolute Gasteiger partial charge is 0.496 e. The van der Waals surface area contributed by atoms with E-state index in [0.717, 1.165) is 0 Å². The van der Waals surface area contributed by atoms with Gasteiger partial charge in [0.05, 0.1) is 21.3 Å². The van der Waals surface area contributed by atoms with E-state index in [9.17, 15) is 4.79 Å². The predicted octanol–water partition coefficient (Wildman–Crippen LogP) is 2.76. The first kappa shape index (κ1) is 16.4. The molecule has 0 radical (unpaired) electrons. The minimum absolute atomic E-state index is 0.256. The zero-order chi connectivity index (χ0) is 16.7. The van der Waals surface area contributed by atoms with E-state index < -0.39 is 0 Å². The summed E-state index contributed by atoms with van der Waals surface area (Å²) in [7, 11) is 4.65. The Morgan fingerprint density at radius 1 is 1.00 bits per heavy atom. The van der Waals surface area contributed by atoms with Crippen LogP contribution in [0.2, 0.25) is 0 Å². The number of rotatable bonds is 6. The molecule has 2 aromatic rings. The lowest BCUT2D eigenvalue weighted by Gasteiger charge is -2.12. The Balaban J connectivity index is 2.19. The standard InChI is InChI=1S/C17H18N2O4/c1-21-14-11-16(23-3)15(22-2)10-12(14)4-5-17(20)19-13-6-8-18-9-7-13/h4-11H,1-3H3,(H,18,19,20)/b5-4+. The molecule has 1 N–H and O–H groups in total. The van der Waals surface area contributed by atoms with Crippen LogP contribution < -0.4 is 19.5 Å². The lowest BCUT2D eigenvalue weighted by Crippen LogP contribution is -2.07. The third kappa shape index (κ3) is 4.23. The van der Waals surface area contributed by atoms with Crippen molar-refractivity contribution in [1.29, 1.82) is 0 Å². The summed E-state index contributed by atoms with van der Waals surface area (Å²) in [6, 6.07) is 6.87. The number of benzene rings is 1. The maximum Gasteiger partial charge on any atom is 0.248 e. The molecule has 6 nitrogen and oxygen atoms in total. The zero-order valence-electron chi connectivity index (χ0n) is 13.2. The van der Waals surface area contributed by atoms with Gasteiger partial charge in [0, 0.05) is 35.8 Å². The van der Waals surface area contributed by atoms with Gasteiger partial charge in [0.2, 0.25) is 5.91 Å². The number of carbonyl (C=O) groups excluding carboxylic acids is 1. The average Bonchev–Trinajstić information content (AvgIpc) is 2.59. The first-order valence-electron chi connectivity index (χ1n) is 6.87. The van der Waals surface area contributed by atoms with Crippen LogP contribution in [0, 0.1) is 0 Å². The maximum absolute atomic E-state index is 11.9. The third-order valence-electron chi connectivity index (χ3n) is 3.10. The molecule has 120 valence electrons. The van der Waals surface area contributed by atoms with Crippen LogP contribution >= 0.6 is 0 Å². The first-order chi connectivity index (χ1) is 11.2. The molecule has 0 unspecified atom stereocenters. The van der Waals surface area contributed by atoms with Crippen molar-refractivity contribution in [3.63, 3.8) is 0 Å². The lowest BCUT2D eigenvalue weighted by atomic mass is 10.1. The fourth-order valence-corrected chi connectivity index (χ4v) is 1.97. The number of pyridine rings is 1. The van der Waals surface area contributed by atoms with Gasteiger partial charge >= 0.3 is 0 Å². The molecule has 0 saturated heterocycles. The SMILES string of the molecule is COc1cc(OC)c(OC)cc1/C=C/C(=O)Nc1ccncc1. The minimum atomic E-state index is -0.256. The zero-order valence-corrected chi connectivity index (χ0v) is 13.2. The monoisotopic (exact) mass is 314 g/mol. The van der Waals surface area contributed by atoms with Crippen LogP contribution in [0.1, 0.15) is 5.56 Å². The van der Waals surface area contributed by atoms with E-state index in [1.165, 1.54) is 6.08 Å². The number of methoxy groups -OCH3 is 3. The number of hydrogen-bond donors (Lipinski definition) is 1. The molecule has 0 fully saturated rings. The van der Waals surface area contributed by atoms with Crippen LogP contribution in [0.3, 0.4) is 0 Å². The molecule has 6 heteroatoms. The number of carbonyl (C=O) groups is 1. The molecule has 0 aliphatic rings. The van der Waals surface area contributed by atoms with Gasteiger partial charge in [-0.05, 0) is 24.3 Å². The Morgan fingerprint density at radius 2 is 1.61 bits per heavy atom. The predicted molar refractivity (Wildman–Crippen MR) is 88.0 cm³/mol. The van der Waals surface area contributed by atoms with Crippen LogP contribution in [0.4, 0.5) is 5.69 Å². The molecule has 0 bridgehead atoms. The number of ether oxygens (including phenoxy) is 3. The Morgan fingerprint density at radius 3 is 2.22 bits per heavy atom. The summed E-state index contributed by atoms with van der Waals surface area (Å²) in [5.41, 5.74) is 1.38. The second-order valence-electron chi connectivity index (χ2n) is 4.51. The summed E-state index contributed by atoms with van der Waals surface area (Å²) in [6.07, 6.45) is 6.29. The molecule has 1 aromatic heterocycles. The topological polar surface area (TPSA) is 69.7 Å². The van der Waals surface area contributed by atoms with Crippen LogP contribution in [-0.2, 0) is 4.79 Å². The molecule has 0 spiro atoms. The van der Waals surface area contributed by atoms with Gasteiger partial charge in [-0.25, -0.2) is 0 Å². The maximum atomic E-state index is 11.9. The van der Waals surface area contributed by atoms with Gasteiger partial charge in [0.1, 0.15) is 5.75 Å². The summed E-state index contributed by atoms with van der Waals surface area (Å²) in [5, 5.41) is 2.74. The summed E-state index contributed by atoms with van der Waals surface area (Å²) in [5.74, 6) is 1.44. The van der Waals surface area contributed by atoms with E-state index in [1.54, 1.807) is 64.1 Å². The van der Waals surface area contributed by atoms with Crippen molar-refractivity contribution in [2.75, 3.05) is 26.6 Å². The van der Waals surface area contributed by atoms with Crippen molar-refractivity contribution in [3.05, 3.63) is 48.3 Å². The van der Waals surface area contributed by atoms with Crippen LogP contribution in [-0.4, -0.2) is 32.2 Å². The number of hydrogen-bond acceptors (Lipinski definition) is 5. The third-order valence-corrected chi connectivity index (χ3v) is 3.10. The van der Waals surface area contributed by atoms with Gasteiger partial charge in [-0.2, -0.15) is 0 Å². The van der Waals surface area contributed by atoms with Gasteiger partial charge in [0.25, 0.3) is 0 Å². The second-order valence-corrected chi connectivity index (χ2v) is 4.51. The van der Waals surface area contributed by atoms with Crippen LogP contribution in [0.5, 0.6) is 17.2 Å². The van der Waals surface area contributed by atoms with Gasteiger partial charge in [-0.1, -0.05) is 0 Å². The fraction of sp³-hybridized carbons (Fsp3) is 0.176.